The summed E-state index contributed by atoms with van der Waals surface area (Å²) in [6, 6.07) is 9.60. The Bertz CT molecular complexity index is 1050. The van der Waals surface area contributed by atoms with Gasteiger partial charge >= 0.3 is 0 Å². The van der Waals surface area contributed by atoms with Gasteiger partial charge in [0.05, 0.1) is 25.2 Å². The van der Waals surface area contributed by atoms with Crippen molar-refractivity contribution in [3.63, 3.8) is 0 Å². The van der Waals surface area contributed by atoms with Gasteiger partial charge in [-0.1, -0.05) is 30.3 Å². The Hall–Kier alpha value is -2.93. The first kappa shape index (κ1) is 21.3. The summed E-state index contributed by atoms with van der Waals surface area (Å²) in [5.41, 5.74) is 2.02. The van der Waals surface area contributed by atoms with Gasteiger partial charge in [-0.05, 0) is 43.9 Å². The van der Waals surface area contributed by atoms with Gasteiger partial charge in [0.15, 0.2) is 0 Å². The molecule has 0 radical (unpaired) electrons. The number of ether oxygens (including phenoxy) is 1. The molecule has 4 rings (SSSR count). The molecule has 2 aromatic rings. The van der Waals surface area contributed by atoms with Crippen LogP contribution >= 0.6 is 0 Å². The Morgan fingerprint density at radius 2 is 1.90 bits per heavy atom. The molecule has 7 nitrogen and oxygen atoms in total. The van der Waals surface area contributed by atoms with Crippen LogP contribution in [0.4, 0.5) is 0 Å². The van der Waals surface area contributed by atoms with E-state index in [2.05, 4.69) is 5.32 Å². The van der Waals surface area contributed by atoms with Crippen LogP contribution < -0.4 is 10.9 Å². The molecule has 1 fully saturated rings. The Morgan fingerprint density at radius 3 is 2.52 bits per heavy atom. The second-order valence-corrected chi connectivity index (χ2v) is 9.08. The van der Waals surface area contributed by atoms with E-state index in [1.165, 1.54) is 0 Å². The van der Waals surface area contributed by atoms with Gasteiger partial charge in [0.1, 0.15) is 5.56 Å². The zero-order chi connectivity index (χ0) is 22.2. The van der Waals surface area contributed by atoms with Crippen LogP contribution in [0.2, 0.25) is 0 Å². The fraction of sp³-hybridized carbons (Fsp3) is 0.458. The number of pyridine rings is 1. The molecule has 1 aromatic heterocycles. The van der Waals surface area contributed by atoms with Crippen LogP contribution in [0.25, 0.3) is 0 Å². The van der Waals surface area contributed by atoms with Crippen LogP contribution in [0, 0.1) is 5.41 Å². The van der Waals surface area contributed by atoms with Gasteiger partial charge in [-0.2, -0.15) is 0 Å². The number of aromatic nitrogens is 1. The minimum atomic E-state index is -0.478. The summed E-state index contributed by atoms with van der Waals surface area (Å²) >= 11 is 0. The highest BCUT2D eigenvalue weighted by atomic mass is 16.5. The molecular weight excluding hydrogens is 394 g/mol. The minimum Gasteiger partial charge on any atom is -0.379 e. The van der Waals surface area contributed by atoms with E-state index in [4.69, 9.17) is 4.74 Å². The monoisotopic (exact) mass is 423 g/mol. The molecule has 164 valence electrons. The Kier molecular flexibility index (Phi) is 5.71. The lowest BCUT2D eigenvalue weighted by atomic mass is 9.85. The summed E-state index contributed by atoms with van der Waals surface area (Å²) in [7, 11) is 0. The minimum absolute atomic E-state index is 0.0680. The standard InChI is InChI=1S/C24H29N3O4/c1-16(2)25-21(28)20-19-9-10-26(23(30)24(3)14-31-15-24)12-18(19)13-27(22(20)29)11-17-7-5-4-6-8-17/h4-8,13,16H,9-12,14-15H2,1-3H3,(H,25,28). The molecule has 0 aliphatic carbocycles. The predicted molar refractivity (Wildman–Crippen MR) is 117 cm³/mol. The lowest BCUT2D eigenvalue weighted by molar-refractivity contribution is -0.169. The first-order valence-electron chi connectivity index (χ1n) is 10.8. The maximum atomic E-state index is 13.3. The van der Waals surface area contributed by atoms with E-state index in [0.717, 1.165) is 16.7 Å². The van der Waals surface area contributed by atoms with E-state index in [0.29, 0.717) is 39.3 Å². The number of fused-ring (bicyclic) bond motifs is 1. The van der Waals surface area contributed by atoms with Gasteiger partial charge in [0, 0.05) is 25.3 Å². The second kappa shape index (κ2) is 8.30. The zero-order valence-electron chi connectivity index (χ0n) is 18.3. The van der Waals surface area contributed by atoms with Gasteiger partial charge in [-0.3, -0.25) is 14.4 Å². The largest absolute Gasteiger partial charge is 0.379 e. The predicted octanol–water partition coefficient (Wildman–Crippen LogP) is 1.96. The lowest BCUT2D eigenvalue weighted by Gasteiger charge is -2.42. The maximum absolute atomic E-state index is 13.3. The number of carbonyl (C=O) groups excluding carboxylic acids is 2. The number of amides is 2. The van der Waals surface area contributed by atoms with Crippen LogP contribution in [-0.2, 0) is 29.0 Å². The molecule has 0 unspecified atom stereocenters. The fourth-order valence-corrected chi connectivity index (χ4v) is 4.26. The number of carbonyl (C=O) groups is 2. The van der Waals surface area contributed by atoms with Crippen molar-refractivity contribution >= 4 is 11.8 Å². The quantitative estimate of drug-likeness (QED) is 0.797. The normalized spacial score (nSPS) is 17.1. The summed E-state index contributed by atoms with van der Waals surface area (Å²) in [5, 5.41) is 2.87. The lowest BCUT2D eigenvalue weighted by Crippen LogP contribution is -2.54. The van der Waals surface area contributed by atoms with E-state index in [-0.39, 0.29) is 29.0 Å². The van der Waals surface area contributed by atoms with Crippen molar-refractivity contribution in [3.8, 4) is 0 Å². The molecule has 2 aliphatic rings. The highest BCUT2D eigenvalue weighted by molar-refractivity contribution is 5.96. The molecule has 3 heterocycles. The third-order valence-electron chi connectivity index (χ3n) is 5.96. The molecule has 7 heteroatoms. The Morgan fingerprint density at radius 1 is 1.19 bits per heavy atom. The molecule has 0 bridgehead atoms. The van der Waals surface area contributed by atoms with Crippen molar-refractivity contribution < 1.29 is 14.3 Å². The van der Waals surface area contributed by atoms with Crippen molar-refractivity contribution in [1.29, 1.82) is 0 Å². The van der Waals surface area contributed by atoms with Gasteiger partial charge in [0.2, 0.25) is 5.91 Å². The molecular formula is C24H29N3O4. The Balaban J connectivity index is 1.73. The van der Waals surface area contributed by atoms with Crippen LogP contribution in [0.5, 0.6) is 0 Å². The number of hydrogen-bond donors (Lipinski definition) is 1. The smallest absolute Gasteiger partial charge is 0.264 e. The Labute approximate surface area is 182 Å². The van der Waals surface area contributed by atoms with E-state index in [1.807, 2.05) is 62.2 Å². The summed E-state index contributed by atoms with van der Waals surface area (Å²) in [5.74, 6) is -0.281. The van der Waals surface area contributed by atoms with Crippen molar-refractivity contribution in [2.45, 2.75) is 46.3 Å². The zero-order valence-corrected chi connectivity index (χ0v) is 18.3. The van der Waals surface area contributed by atoms with E-state index >= 15 is 0 Å². The van der Waals surface area contributed by atoms with Gasteiger partial charge in [-0.25, -0.2) is 0 Å². The van der Waals surface area contributed by atoms with Crippen LogP contribution in [0.1, 0.15) is 47.8 Å². The van der Waals surface area contributed by atoms with E-state index in [9.17, 15) is 14.4 Å². The summed E-state index contributed by atoms with van der Waals surface area (Å²) in [6.45, 7) is 7.79. The molecule has 31 heavy (non-hydrogen) atoms. The van der Waals surface area contributed by atoms with Crippen molar-refractivity contribution in [2.75, 3.05) is 19.8 Å². The number of rotatable bonds is 5. The maximum Gasteiger partial charge on any atom is 0.264 e. The first-order valence-corrected chi connectivity index (χ1v) is 10.8. The van der Waals surface area contributed by atoms with Gasteiger partial charge in [-0.15, -0.1) is 0 Å². The fourth-order valence-electron chi connectivity index (χ4n) is 4.26. The molecule has 0 spiro atoms. The summed E-state index contributed by atoms with van der Waals surface area (Å²) < 4.78 is 6.85. The molecule has 1 aromatic carbocycles. The van der Waals surface area contributed by atoms with E-state index in [1.54, 1.807) is 4.57 Å². The number of nitrogens with one attached hydrogen (secondary N) is 1. The molecule has 0 atom stereocenters. The van der Waals surface area contributed by atoms with Crippen LogP contribution in [-0.4, -0.2) is 47.1 Å². The SMILES string of the molecule is CC(C)NC(=O)c1c2c(cn(Cc3ccccc3)c1=O)CN(C(=O)C1(C)COC1)CC2. The number of hydrogen-bond acceptors (Lipinski definition) is 4. The van der Waals surface area contributed by atoms with Crippen LogP contribution in [0.3, 0.4) is 0 Å². The van der Waals surface area contributed by atoms with E-state index < -0.39 is 5.41 Å². The highest BCUT2D eigenvalue weighted by Crippen LogP contribution is 2.31. The first-order chi connectivity index (χ1) is 14.8. The van der Waals surface area contributed by atoms with Gasteiger partial charge < -0.3 is 19.5 Å². The molecule has 2 aliphatic heterocycles. The van der Waals surface area contributed by atoms with Crippen molar-refractivity contribution in [1.82, 2.24) is 14.8 Å². The second-order valence-electron chi connectivity index (χ2n) is 9.08. The third kappa shape index (κ3) is 4.14. The number of nitrogens with zero attached hydrogens (tertiary/aromatic N) is 2. The summed E-state index contributed by atoms with van der Waals surface area (Å²) in [6.07, 6.45) is 2.30. The number of benzene rings is 1. The van der Waals surface area contributed by atoms with Crippen molar-refractivity contribution in [2.24, 2.45) is 5.41 Å². The molecule has 1 saturated heterocycles. The molecule has 1 N–H and O–H groups in total. The van der Waals surface area contributed by atoms with Crippen molar-refractivity contribution in [3.05, 3.63) is 69.1 Å². The van der Waals surface area contributed by atoms with Crippen LogP contribution in [0.15, 0.2) is 41.3 Å². The average Bonchev–Trinajstić information content (AvgIpc) is 2.72. The molecule has 2 amide bonds. The summed E-state index contributed by atoms with van der Waals surface area (Å²) in [4.78, 5) is 41.1. The molecule has 0 saturated carbocycles. The average molecular weight is 424 g/mol. The highest BCUT2D eigenvalue weighted by Gasteiger charge is 2.44. The topological polar surface area (TPSA) is 80.6 Å². The van der Waals surface area contributed by atoms with Gasteiger partial charge in [0.25, 0.3) is 11.5 Å². The third-order valence-corrected chi connectivity index (χ3v) is 5.96.